The fourth-order valence-corrected chi connectivity index (χ4v) is 7.50. The molecule has 4 aromatic heterocycles. The van der Waals surface area contributed by atoms with Gasteiger partial charge in [-0.3, -0.25) is 0 Å². The van der Waals surface area contributed by atoms with Crippen LogP contribution in [-0.4, -0.2) is 23.7 Å². The lowest BCUT2D eigenvalue weighted by Gasteiger charge is -2.14. The second-order valence-corrected chi connectivity index (χ2v) is 12.7. The summed E-state index contributed by atoms with van der Waals surface area (Å²) in [5, 5.41) is 5.27. The lowest BCUT2D eigenvalue weighted by Crippen LogP contribution is -1.94. The van der Waals surface area contributed by atoms with Crippen LogP contribution in [0.15, 0.2) is 152 Å². The average Bonchev–Trinajstić information content (AvgIpc) is 3.68. The molecule has 4 heterocycles. The topological polar surface area (TPSA) is 64.5 Å². The molecular weight excluding hydrogens is 619 g/mol. The van der Waals surface area contributed by atoms with Crippen molar-refractivity contribution in [3.05, 3.63) is 152 Å². The van der Waals surface area contributed by atoms with E-state index in [0.717, 1.165) is 99.4 Å². The Balaban J connectivity index is 1.21. The van der Waals surface area contributed by atoms with Gasteiger partial charge >= 0.3 is 0 Å². The van der Waals surface area contributed by atoms with E-state index in [0.29, 0.717) is 0 Å². The summed E-state index contributed by atoms with van der Waals surface area (Å²) in [4.78, 5) is 15.7. The van der Waals surface area contributed by atoms with E-state index in [1.54, 1.807) is 0 Å². The van der Waals surface area contributed by atoms with Gasteiger partial charge in [0.2, 0.25) is 0 Å². The van der Waals surface area contributed by atoms with Gasteiger partial charge in [-0.2, -0.15) is 8.75 Å². The highest BCUT2D eigenvalue weighted by Crippen LogP contribution is 2.41. The average molecular weight is 644 g/mol. The fraction of sp³-hybridized carbons (Fsp3) is 0. The molecule has 0 aliphatic carbocycles. The molecule has 5 nitrogen and oxygen atoms in total. The summed E-state index contributed by atoms with van der Waals surface area (Å²) in [5.74, 6) is 0. The molecule has 6 heteroatoms. The van der Waals surface area contributed by atoms with Crippen molar-refractivity contribution >= 4 is 66.2 Å². The van der Waals surface area contributed by atoms with Crippen LogP contribution in [0.5, 0.6) is 0 Å². The summed E-state index contributed by atoms with van der Waals surface area (Å²) in [6, 6.07) is 52.5. The molecule has 228 valence electrons. The molecule has 6 aromatic carbocycles. The van der Waals surface area contributed by atoms with Gasteiger partial charge in [-0.05, 0) is 29.8 Å². The van der Waals surface area contributed by atoms with Gasteiger partial charge < -0.3 is 0 Å². The van der Waals surface area contributed by atoms with Gasteiger partial charge in [0.1, 0.15) is 11.0 Å². The standard InChI is InChI=1S/C43H25N5S/c1-4-10-26(11-5-1)33-25-34-38(43-42(33)47-49-48-43)32-21-18-31(24-37(32)46-39(34)28-14-8-3-9-15-28)36-23-20-30-17-16-29-19-22-35(27-12-6-2-7-13-27)44-40(29)41(30)45-36/h1-25H. The predicted octanol–water partition coefficient (Wildman–Crippen LogP) is 11.2. The highest BCUT2D eigenvalue weighted by Gasteiger charge is 2.20. The van der Waals surface area contributed by atoms with Gasteiger partial charge in [-0.15, -0.1) is 0 Å². The first-order chi connectivity index (χ1) is 24.3. The first kappa shape index (κ1) is 27.7. The summed E-state index contributed by atoms with van der Waals surface area (Å²) in [6.45, 7) is 0. The maximum atomic E-state index is 5.36. The van der Waals surface area contributed by atoms with Crippen LogP contribution in [-0.2, 0) is 0 Å². The number of nitrogens with zero attached hydrogens (tertiary/aromatic N) is 5. The normalized spacial score (nSPS) is 11.7. The van der Waals surface area contributed by atoms with E-state index in [4.69, 9.17) is 23.7 Å². The molecule has 0 aliphatic rings. The van der Waals surface area contributed by atoms with Crippen molar-refractivity contribution in [3.63, 3.8) is 0 Å². The zero-order valence-electron chi connectivity index (χ0n) is 26.1. The smallest absolute Gasteiger partial charge is 0.114 e. The van der Waals surface area contributed by atoms with Crippen LogP contribution < -0.4 is 0 Å². The molecule has 0 spiro atoms. The van der Waals surface area contributed by atoms with Crippen molar-refractivity contribution < 1.29 is 0 Å². The third kappa shape index (κ3) is 4.57. The predicted molar refractivity (Wildman–Crippen MR) is 203 cm³/mol. The molecular formula is C43H25N5S. The molecule has 0 fully saturated rings. The maximum Gasteiger partial charge on any atom is 0.114 e. The van der Waals surface area contributed by atoms with Crippen LogP contribution in [0.1, 0.15) is 0 Å². The summed E-state index contributed by atoms with van der Waals surface area (Å²) in [5.41, 5.74) is 12.5. The lowest BCUT2D eigenvalue weighted by molar-refractivity contribution is 1.36. The molecule has 0 saturated heterocycles. The van der Waals surface area contributed by atoms with E-state index in [1.165, 1.54) is 11.7 Å². The monoisotopic (exact) mass is 643 g/mol. The van der Waals surface area contributed by atoms with Crippen LogP contribution >= 0.6 is 11.7 Å². The van der Waals surface area contributed by atoms with Crippen LogP contribution in [0.25, 0.3) is 99.4 Å². The number of rotatable bonds is 4. The summed E-state index contributed by atoms with van der Waals surface area (Å²) >= 11 is 1.25. The lowest BCUT2D eigenvalue weighted by atomic mass is 9.93. The van der Waals surface area contributed by atoms with Crippen molar-refractivity contribution in [3.8, 4) is 44.9 Å². The Morgan fingerprint density at radius 1 is 0.388 bits per heavy atom. The number of hydrogen-bond acceptors (Lipinski definition) is 6. The molecule has 0 amide bonds. The minimum atomic E-state index is 0.872. The minimum Gasteiger partial charge on any atom is -0.247 e. The molecule has 0 bridgehead atoms. The molecule has 10 aromatic rings. The summed E-state index contributed by atoms with van der Waals surface area (Å²) < 4.78 is 9.67. The number of fused-ring (bicyclic) bond motifs is 8. The molecule has 0 unspecified atom stereocenters. The van der Waals surface area contributed by atoms with E-state index in [-0.39, 0.29) is 0 Å². The minimum absolute atomic E-state index is 0.872. The van der Waals surface area contributed by atoms with Crippen molar-refractivity contribution in [1.82, 2.24) is 23.7 Å². The van der Waals surface area contributed by atoms with Gasteiger partial charge in [-0.25, -0.2) is 15.0 Å². The van der Waals surface area contributed by atoms with Crippen molar-refractivity contribution in [2.75, 3.05) is 0 Å². The Morgan fingerprint density at radius 3 is 1.63 bits per heavy atom. The number of hydrogen-bond donors (Lipinski definition) is 0. The van der Waals surface area contributed by atoms with Crippen molar-refractivity contribution in [2.24, 2.45) is 0 Å². The Hall–Kier alpha value is -6.37. The van der Waals surface area contributed by atoms with Gasteiger partial charge in [0.25, 0.3) is 0 Å². The van der Waals surface area contributed by atoms with E-state index in [2.05, 4.69) is 121 Å². The summed E-state index contributed by atoms with van der Waals surface area (Å²) in [6.07, 6.45) is 0. The molecule has 0 atom stereocenters. The highest BCUT2D eigenvalue weighted by atomic mass is 32.1. The van der Waals surface area contributed by atoms with E-state index < -0.39 is 0 Å². The Kier molecular flexibility index (Phi) is 6.29. The zero-order valence-corrected chi connectivity index (χ0v) is 26.9. The zero-order chi connectivity index (χ0) is 32.3. The first-order valence-electron chi connectivity index (χ1n) is 16.2. The Bertz CT molecular complexity index is 2870. The van der Waals surface area contributed by atoms with Crippen LogP contribution in [0.4, 0.5) is 0 Å². The molecule has 49 heavy (non-hydrogen) atoms. The summed E-state index contributed by atoms with van der Waals surface area (Å²) in [7, 11) is 0. The fourth-order valence-electron chi connectivity index (χ4n) is 6.93. The van der Waals surface area contributed by atoms with E-state index >= 15 is 0 Å². The molecule has 10 rings (SSSR count). The third-order valence-corrected chi connectivity index (χ3v) is 9.84. The Morgan fingerprint density at radius 2 is 0.959 bits per heavy atom. The van der Waals surface area contributed by atoms with Gasteiger partial charge in [-0.1, -0.05) is 127 Å². The van der Waals surface area contributed by atoms with Crippen molar-refractivity contribution in [2.45, 2.75) is 0 Å². The van der Waals surface area contributed by atoms with E-state index in [9.17, 15) is 0 Å². The van der Waals surface area contributed by atoms with Gasteiger partial charge in [0.15, 0.2) is 0 Å². The number of benzene rings is 6. The third-order valence-electron chi connectivity index (χ3n) is 9.31. The van der Waals surface area contributed by atoms with Crippen molar-refractivity contribution in [1.29, 1.82) is 0 Å². The second kappa shape index (κ2) is 11.1. The number of aromatic nitrogens is 5. The number of pyridine rings is 3. The molecule has 0 aliphatic heterocycles. The van der Waals surface area contributed by atoms with Gasteiger partial charge in [0.05, 0.1) is 45.4 Å². The van der Waals surface area contributed by atoms with Crippen LogP contribution in [0.3, 0.4) is 0 Å². The Labute approximate surface area is 285 Å². The first-order valence-corrected chi connectivity index (χ1v) is 16.9. The molecule has 0 radical (unpaired) electrons. The largest absolute Gasteiger partial charge is 0.247 e. The molecule has 0 saturated carbocycles. The van der Waals surface area contributed by atoms with E-state index in [1.807, 2.05) is 30.3 Å². The quantitative estimate of drug-likeness (QED) is 0.179. The van der Waals surface area contributed by atoms with Gasteiger partial charge in [0, 0.05) is 49.2 Å². The SMILES string of the molecule is c1ccc(-c2ccc3ccc4ccc(-c5ccc6c(c5)nc(-c5ccccc5)c5cc(-c7ccccc7)c7nsnc7c56)nc4c3n2)cc1. The van der Waals surface area contributed by atoms with Crippen LogP contribution in [0.2, 0.25) is 0 Å². The molecule has 0 N–H and O–H groups in total. The maximum absolute atomic E-state index is 5.36. The second-order valence-electron chi connectivity index (χ2n) is 12.2. The highest BCUT2D eigenvalue weighted by molar-refractivity contribution is 7.00. The van der Waals surface area contributed by atoms with Crippen LogP contribution in [0, 0.1) is 0 Å².